The quantitative estimate of drug-likeness (QED) is 0.845. The van der Waals surface area contributed by atoms with Gasteiger partial charge in [-0.05, 0) is 36.6 Å². The Bertz CT molecular complexity index is 766. The molecule has 0 bridgehead atoms. The van der Waals surface area contributed by atoms with Crippen LogP contribution in [0.5, 0.6) is 5.75 Å². The highest BCUT2D eigenvalue weighted by molar-refractivity contribution is 5.95. The lowest BCUT2D eigenvalue weighted by Gasteiger charge is -2.15. The van der Waals surface area contributed by atoms with Crippen LogP contribution in [-0.2, 0) is 4.79 Å². The first-order valence-corrected chi connectivity index (χ1v) is 7.99. The van der Waals surface area contributed by atoms with Crippen molar-refractivity contribution in [2.75, 3.05) is 25.9 Å². The second kappa shape index (κ2) is 6.78. The molecule has 0 radical (unpaired) electrons. The average Bonchev–Trinajstić information content (AvgIpc) is 3.23. The zero-order valence-electron chi connectivity index (χ0n) is 14.0. The molecule has 1 amide bonds. The minimum absolute atomic E-state index is 0.0240. The number of H-pyrrole nitrogens is 1. The van der Waals surface area contributed by atoms with Crippen LogP contribution >= 0.6 is 0 Å². The van der Waals surface area contributed by atoms with E-state index < -0.39 is 0 Å². The predicted octanol–water partition coefficient (Wildman–Crippen LogP) is 2.42. The second-order valence-corrected chi connectivity index (χ2v) is 6.07. The number of likely N-dealkylation sites (tertiary alicyclic amines) is 1. The van der Waals surface area contributed by atoms with E-state index in [2.05, 4.69) is 10.2 Å². The van der Waals surface area contributed by atoms with Gasteiger partial charge in [0, 0.05) is 25.1 Å². The molecule has 2 aromatic rings. The summed E-state index contributed by atoms with van der Waals surface area (Å²) in [5, 5.41) is 6.91. The van der Waals surface area contributed by atoms with E-state index in [0.29, 0.717) is 12.2 Å². The molecule has 6 nitrogen and oxygen atoms in total. The van der Waals surface area contributed by atoms with Crippen LogP contribution in [0.2, 0.25) is 0 Å². The van der Waals surface area contributed by atoms with Crippen molar-refractivity contribution >= 4 is 17.2 Å². The van der Waals surface area contributed by atoms with Crippen LogP contribution < -0.4 is 10.5 Å². The van der Waals surface area contributed by atoms with Crippen LogP contribution in [0.1, 0.15) is 30.5 Å². The van der Waals surface area contributed by atoms with Crippen molar-refractivity contribution in [2.45, 2.75) is 19.3 Å². The Labute approximate surface area is 141 Å². The number of rotatable bonds is 4. The number of aromatic nitrogens is 2. The number of nitrogen functional groups attached to an aromatic ring is 1. The molecule has 24 heavy (non-hydrogen) atoms. The molecular weight excluding hydrogens is 304 g/mol. The maximum atomic E-state index is 12.5. The van der Waals surface area contributed by atoms with Crippen molar-refractivity contribution in [1.29, 1.82) is 0 Å². The minimum Gasteiger partial charge on any atom is -0.497 e. The number of hydrogen-bond donors (Lipinski definition) is 2. The number of amides is 1. The van der Waals surface area contributed by atoms with Crippen molar-refractivity contribution in [1.82, 2.24) is 15.1 Å². The molecule has 1 atom stereocenters. The summed E-state index contributed by atoms with van der Waals surface area (Å²) < 4.78 is 5.23. The standard InChI is InChI=1S/C18H22N4O2/c1-12(13-4-3-5-15(9-13)24-2)8-17(23)22-7-6-14(11-22)18-16(19)10-20-21-18/h3-5,8-10,14H,6-7,11,19H2,1-2H3,(H,20,21)/b12-8+. The van der Waals surface area contributed by atoms with Crippen LogP contribution in [0.3, 0.4) is 0 Å². The number of nitrogens with one attached hydrogen (secondary N) is 1. The Kier molecular flexibility index (Phi) is 4.55. The lowest BCUT2D eigenvalue weighted by atomic mass is 10.0. The molecule has 1 fully saturated rings. The van der Waals surface area contributed by atoms with E-state index in [1.165, 1.54) is 0 Å². The normalized spacial score (nSPS) is 18.0. The van der Waals surface area contributed by atoms with Gasteiger partial charge in [0.25, 0.3) is 0 Å². The predicted molar refractivity (Wildman–Crippen MR) is 93.6 cm³/mol. The number of allylic oxidation sites excluding steroid dienone is 1. The number of aromatic amines is 1. The van der Waals surface area contributed by atoms with Gasteiger partial charge in [0.15, 0.2) is 0 Å². The largest absolute Gasteiger partial charge is 0.497 e. The van der Waals surface area contributed by atoms with Gasteiger partial charge in [-0.15, -0.1) is 0 Å². The molecule has 1 aromatic heterocycles. The van der Waals surface area contributed by atoms with E-state index in [0.717, 1.165) is 35.5 Å². The van der Waals surface area contributed by atoms with Crippen LogP contribution in [0.15, 0.2) is 36.5 Å². The van der Waals surface area contributed by atoms with Crippen molar-refractivity contribution < 1.29 is 9.53 Å². The number of anilines is 1. The summed E-state index contributed by atoms with van der Waals surface area (Å²) in [6, 6.07) is 7.71. The van der Waals surface area contributed by atoms with Gasteiger partial charge in [0.05, 0.1) is 24.7 Å². The molecule has 1 aromatic carbocycles. The van der Waals surface area contributed by atoms with Crippen molar-refractivity contribution in [2.24, 2.45) is 0 Å². The Hall–Kier alpha value is -2.76. The number of nitrogens with zero attached hydrogens (tertiary/aromatic N) is 2. The summed E-state index contributed by atoms with van der Waals surface area (Å²) in [6.07, 6.45) is 4.20. The fourth-order valence-electron chi connectivity index (χ4n) is 3.06. The molecule has 3 rings (SSSR count). The first kappa shape index (κ1) is 16.1. The monoisotopic (exact) mass is 326 g/mol. The number of carbonyl (C=O) groups is 1. The van der Waals surface area contributed by atoms with Gasteiger partial charge in [0.2, 0.25) is 5.91 Å². The SMILES string of the molecule is COc1cccc(/C(C)=C/C(=O)N2CCC(c3[nH]ncc3N)C2)c1. The van der Waals surface area contributed by atoms with E-state index in [9.17, 15) is 4.79 Å². The van der Waals surface area contributed by atoms with Gasteiger partial charge in [-0.25, -0.2) is 0 Å². The highest BCUT2D eigenvalue weighted by atomic mass is 16.5. The highest BCUT2D eigenvalue weighted by Gasteiger charge is 2.28. The van der Waals surface area contributed by atoms with Gasteiger partial charge in [-0.2, -0.15) is 5.10 Å². The van der Waals surface area contributed by atoms with Crippen LogP contribution in [0, 0.1) is 0 Å². The molecule has 2 heterocycles. The molecule has 1 aliphatic rings. The van der Waals surface area contributed by atoms with Crippen molar-refractivity contribution in [3.8, 4) is 5.75 Å². The maximum absolute atomic E-state index is 12.5. The Morgan fingerprint density at radius 2 is 2.33 bits per heavy atom. The minimum atomic E-state index is 0.0240. The Morgan fingerprint density at radius 1 is 1.50 bits per heavy atom. The number of benzene rings is 1. The molecular formula is C18H22N4O2. The number of nitrogens with two attached hydrogens (primary N) is 1. The van der Waals surface area contributed by atoms with Crippen molar-refractivity contribution in [3.05, 3.63) is 47.8 Å². The molecule has 126 valence electrons. The van der Waals surface area contributed by atoms with Crippen LogP contribution in [0.4, 0.5) is 5.69 Å². The third-order valence-electron chi connectivity index (χ3n) is 4.47. The number of methoxy groups -OCH3 is 1. The third kappa shape index (κ3) is 3.27. The summed E-state index contributed by atoms with van der Waals surface area (Å²) >= 11 is 0. The summed E-state index contributed by atoms with van der Waals surface area (Å²) in [5.74, 6) is 1.03. The zero-order valence-corrected chi connectivity index (χ0v) is 14.0. The first-order chi connectivity index (χ1) is 11.6. The van der Waals surface area contributed by atoms with Crippen LogP contribution in [0.25, 0.3) is 5.57 Å². The molecule has 1 saturated heterocycles. The van der Waals surface area contributed by atoms with Gasteiger partial charge in [0.1, 0.15) is 5.75 Å². The van der Waals surface area contributed by atoms with Gasteiger partial charge >= 0.3 is 0 Å². The fraction of sp³-hybridized carbons (Fsp3) is 0.333. The summed E-state index contributed by atoms with van der Waals surface area (Å²) in [6.45, 7) is 3.32. The smallest absolute Gasteiger partial charge is 0.246 e. The second-order valence-electron chi connectivity index (χ2n) is 6.07. The highest BCUT2D eigenvalue weighted by Crippen LogP contribution is 2.29. The van der Waals surface area contributed by atoms with Gasteiger partial charge in [-0.1, -0.05) is 12.1 Å². The topological polar surface area (TPSA) is 84.2 Å². The van der Waals surface area contributed by atoms with E-state index in [1.807, 2.05) is 36.1 Å². The van der Waals surface area contributed by atoms with E-state index in [4.69, 9.17) is 10.5 Å². The molecule has 0 saturated carbocycles. The van der Waals surface area contributed by atoms with Gasteiger partial charge in [-0.3, -0.25) is 9.89 Å². The summed E-state index contributed by atoms with van der Waals surface area (Å²) in [5.41, 5.74) is 9.40. The summed E-state index contributed by atoms with van der Waals surface area (Å²) in [4.78, 5) is 14.4. The lowest BCUT2D eigenvalue weighted by Crippen LogP contribution is -2.27. The Balaban J connectivity index is 1.69. The lowest BCUT2D eigenvalue weighted by molar-refractivity contribution is -0.125. The Morgan fingerprint density at radius 3 is 3.04 bits per heavy atom. The number of ether oxygens (including phenoxy) is 1. The van der Waals surface area contributed by atoms with E-state index >= 15 is 0 Å². The van der Waals surface area contributed by atoms with E-state index in [-0.39, 0.29) is 11.8 Å². The third-order valence-corrected chi connectivity index (χ3v) is 4.47. The molecule has 3 N–H and O–H groups in total. The molecule has 0 spiro atoms. The molecule has 0 aliphatic carbocycles. The van der Waals surface area contributed by atoms with Gasteiger partial charge < -0.3 is 15.4 Å². The summed E-state index contributed by atoms with van der Waals surface area (Å²) in [7, 11) is 1.63. The fourth-order valence-corrected chi connectivity index (χ4v) is 3.06. The van der Waals surface area contributed by atoms with E-state index in [1.54, 1.807) is 19.4 Å². The zero-order chi connectivity index (χ0) is 17.1. The molecule has 1 aliphatic heterocycles. The number of carbonyl (C=O) groups excluding carboxylic acids is 1. The number of hydrogen-bond acceptors (Lipinski definition) is 4. The maximum Gasteiger partial charge on any atom is 0.246 e. The molecule has 6 heteroatoms. The van der Waals surface area contributed by atoms with Crippen LogP contribution in [-0.4, -0.2) is 41.2 Å². The average molecular weight is 326 g/mol. The first-order valence-electron chi connectivity index (χ1n) is 7.99. The van der Waals surface area contributed by atoms with Crippen molar-refractivity contribution in [3.63, 3.8) is 0 Å². The molecule has 1 unspecified atom stereocenters.